The second-order valence-corrected chi connectivity index (χ2v) is 6.72. The summed E-state index contributed by atoms with van der Waals surface area (Å²) in [6.45, 7) is 0.470. The third-order valence-corrected chi connectivity index (χ3v) is 5.24. The van der Waals surface area contributed by atoms with Gasteiger partial charge >= 0.3 is 0 Å². The van der Waals surface area contributed by atoms with Crippen LogP contribution in [0.1, 0.15) is 32.1 Å². The predicted octanol–water partition coefficient (Wildman–Crippen LogP) is 2.59. The molecule has 2 rings (SSSR count). The van der Waals surface area contributed by atoms with Gasteiger partial charge in [0.05, 0.1) is 0 Å². The van der Waals surface area contributed by atoms with Crippen molar-refractivity contribution >= 4 is 21.6 Å². The van der Waals surface area contributed by atoms with Gasteiger partial charge in [0.2, 0.25) is 10.0 Å². The molecular weight excluding hydrogens is 272 g/mol. The molecule has 4 nitrogen and oxygen atoms in total. The van der Waals surface area contributed by atoms with Gasteiger partial charge in [0, 0.05) is 12.7 Å². The maximum absolute atomic E-state index is 12.0. The second-order valence-electron chi connectivity index (χ2n) is 4.63. The van der Waals surface area contributed by atoms with Crippen LogP contribution in [0.3, 0.4) is 0 Å². The molecule has 0 saturated heterocycles. The number of rotatable bonds is 5. The summed E-state index contributed by atoms with van der Waals surface area (Å²) in [6, 6.07) is 3.03. The van der Waals surface area contributed by atoms with Gasteiger partial charge in [0.25, 0.3) is 0 Å². The molecule has 0 radical (unpaired) electrons. The Bertz CT molecular complexity index is 499. The number of hydrogen-bond acceptors (Lipinski definition) is 3. The van der Waals surface area contributed by atoms with Gasteiger partial charge in [-0.15, -0.1) is 0 Å². The van der Waals surface area contributed by atoms with Crippen molar-refractivity contribution in [3.63, 3.8) is 0 Å². The first kappa shape index (κ1) is 13.8. The molecule has 1 fully saturated rings. The Hall–Kier alpha value is -0.650. The van der Waals surface area contributed by atoms with E-state index < -0.39 is 10.0 Å². The van der Waals surface area contributed by atoms with Crippen LogP contribution in [0.5, 0.6) is 0 Å². The third kappa shape index (κ3) is 3.43. The highest BCUT2D eigenvalue weighted by Gasteiger charge is 2.19. The lowest BCUT2D eigenvalue weighted by atomic mass is 10.1. The van der Waals surface area contributed by atoms with Gasteiger partial charge in [-0.3, -0.25) is 0 Å². The third-order valence-electron chi connectivity index (χ3n) is 3.33. The molecule has 18 heavy (non-hydrogen) atoms. The minimum absolute atomic E-state index is 0.0193. The predicted molar refractivity (Wildman–Crippen MR) is 71.0 cm³/mol. The van der Waals surface area contributed by atoms with Crippen molar-refractivity contribution in [2.24, 2.45) is 5.92 Å². The summed E-state index contributed by atoms with van der Waals surface area (Å²) in [5.41, 5.74) is 0. The molecule has 1 aliphatic carbocycles. The minimum Gasteiger partial charge on any atom is -0.243 e. The average molecular weight is 289 g/mol. The molecule has 0 unspecified atom stereocenters. The molecule has 1 aliphatic rings. The van der Waals surface area contributed by atoms with Crippen LogP contribution in [0.15, 0.2) is 23.2 Å². The van der Waals surface area contributed by atoms with Crippen LogP contribution in [0.2, 0.25) is 5.15 Å². The van der Waals surface area contributed by atoms with Gasteiger partial charge in [0.15, 0.2) is 0 Å². The zero-order chi connectivity index (χ0) is 13.0. The first-order valence-corrected chi connectivity index (χ1v) is 8.06. The van der Waals surface area contributed by atoms with Crippen molar-refractivity contribution in [2.45, 2.75) is 37.0 Å². The van der Waals surface area contributed by atoms with Gasteiger partial charge in [-0.25, -0.2) is 18.1 Å². The zero-order valence-corrected chi connectivity index (χ0v) is 11.7. The maximum Gasteiger partial charge on any atom is 0.243 e. The molecule has 6 heteroatoms. The van der Waals surface area contributed by atoms with E-state index in [1.54, 1.807) is 6.07 Å². The van der Waals surface area contributed by atoms with Crippen LogP contribution in [0, 0.1) is 5.92 Å². The first-order chi connectivity index (χ1) is 8.59. The van der Waals surface area contributed by atoms with Gasteiger partial charge in [-0.2, -0.15) is 0 Å². The molecule has 0 aromatic carbocycles. The van der Waals surface area contributed by atoms with E-state index >= 15 is 0 Å². The summed E-state index contributed by atoms with van der Waals surface area (Å²) >= 11 is 5.78. The quantitative estimate of drug-likeness (QED) is 0.847. The SMILES string of the molecule is O=S(=O)(NCCC1CCCC1)c1cccnc1Cl. The van der Waals surface area contributed by atoms with Gasteiger partial charge < -0.3 is 0 Å². The van der Waals surface area contributed by atoms with Crippen LogP contribution in [0.4, 0.5) is 0 Å². The fourth-order valence-corrected chi connectivity index (χ4v) is 3.84. The standard InChI is InChI=1S/C12H17ClN2O2S/c13-12-11(6-3-8-14-12)18(16,17)15-9-7-10-4-1-2-5-10/h3,6,8,10,15H,1-2,4-5,7,9H2. The van der Waals surface area contributed by atoms with Crippen molar-refractivity contribution in [3.05, 3.63) is 23.5 Å². The van der Waals surface area contributed by atoms with Crippen molar-refractivity contribution in [1.29, 1.82) is 0 Å². The summed E-state index contributed by atoms with van der Waals surface area (Å²) in [7, 11) is -3.53. The summed E-state index contributed by atoms with van der Waals surface area (Å²) in [5.74, 6) is 0.664. The highest BCUT2D eigenvalue weighted by atomic mass is 35.5. The summed E-state index contributed by atoms with van der Waals surface area (Å²) in [5, 5.41) is 0.0193. The van der Waals surface area contributed by atoms with E-state index in [2.05, 4.69) is 9.71 Å². The largest absolute Gasteiger partial charge is 0.243 e. The lowest BCUT2D eigenvalue weighted by Gasteiger charge is -2.10. The molecule has 0 bridgehead atoms. The highest BCUT2D eigenvalue weighted by Crippen LogP contribution is 2.27. The van der Waals surface area contributed by atoms with Crippen LogP contribution in [-0.2, 0) is 10.0 Å². The Morgan fingerprint density at radius 3 is 2.78 bits per heavy atom. The maximum atomic E-state index is 12.0. The molecule has 1 aromatic rings. The summed E-state index contributed by atoms with van der Waals surface area (Å²) in [4.78, 5) is 3.83. The number of pyridine rings is 1. The monoisotopic (exact) mass is 288 g/mol. The van der Waals surface area contributed by atoms with Crippen molar-refractivity contribution in [3.8, 4) is 0 Å². The second kappa shape index (κ2) is 5.99. The number of nitrogens with one attached hydrogen (secondary N) is 1. The van der Waals surface area contributed by atoms with Gasteiger partial charge in [-0.1, -0.05) is 37.3 Å². The van der Waals surface area contributed by atoms with E-state index in [1.165, 1.54) is 37.9 Å². The minimum atomic E-state index is -3.53. The van der Waals surface area contributed by atoms with Gasteiger partial charge in [0.1, 0.15) is 10.0 Å². The molecule has 1 N–H and O–H groups in total. The number of hydrogen-bond donors (Lipinski definition) is 1. The summed E-state index contributed by atoms with van der Waals surface area (Å²) in [6.07, 6.45) is 7.35. The lowest BCUT2D eigenvalue weighted by molar-refractivity contribution is 0.495. The van der Waals surface area contributed by atoms with E-state index in [9.17, 15) is 8.42 Å². The Kier molecular flexibility index (Phi) is 4.59. The fourth-order valence-electron chi connectivity index (χ4n) is 2.35. The van der Waals surface area contributed by atoms with E-state index in [4.69, 9.17) is 11.6 Å². The Labute approximate surface area is 113 Å². The molecular formula is C12H17ClN2O2S. The molecule has 0 amide bonds. The van der Waals surface area contributed by atoms with Crippen molar-refractivity contribution in [1.82, 2.24) is 9.71 Å². The summed E-state index contributed by atoms with van der Waals surface area (Å²) < 4.78 is 26.6. The normalized spacial score (nSPS) is 17.2. The van der Waals surface area contributed by atoms with E-state index in [0.717, 1.165) is 6.42 Å². The molecule has 1 saturated carbocycles. The highest BCUT2D eigenvalue weighted by molar-refractivity contribution is 7.89. The van der Waals surface area contributed by atoms with E-state index in [0.29, 0.717) is 12.5 Å². The smallest absolute Gasteiger partial charge is 0.243 e. The molecule has 1 aromatic heterocycles. The molecule has 0 spiro atoms. The topological polar surface area (TPSA) is 59.1 Å². The number of aromatic nitrogens is 1. The number of sulfonamides is 1. The fraction of sp³-hybridized carbons (Fsp3) is 0.583. The van der Waals surface area contributed by atoms with Gasteiger partial charge in [-0.05, 0) is 24.5 Å². The van der Waals surface area contributed by atoms with Crippen LogP contribution in [-0.4, -0.2) is 19.9 Å². The van der Waals surface area contributed by atoms with Crippen molar-refractivity contribution in [2.75, 3.05) is 6.54 Å². The number of nitrogens with zero attached hydrogens (tertiary/aromatic N) is 1. The molecule has 100 valence electrons. The molecule has 0 atom stereocenters. The number of halogens is 1. The van der Waals surface area contributed by atoms with E-state index in [-0.39, 0.29) is 10.0 Å². The van der Waals surface area contributed by atoms with Crippen LogP contribution in [0.25, 0.3) is 0 Å². The zero-order valence-electron chi connectivity index (χ0n) is 10.1. The van der Waals surface area contributed by atoms with E-state index in [1.807, 2.05) is 0 Å². The first-order valence-electron chi connectivity index (χ1n) is 6.20. The lowest BCUT2D eigenvalue weighted by Crippen LogP contribution is -2.26. The average Bonchev–Trinajstić information content (AvgIpc) is 2.82. The van der Waals surface area contributed by atoms with Crippen molar-refractivity contribution < 1.29 is 8.42 Å². The molecule has 0 aliphatic heterocycles. The Balaban J connectivity index is 1.93. The Morgan fingerprint density at radius 1 is 1.39 bits per heavy atom. The Morgan fingerprint density at radius 2 is 2.11 bits per heavy atom. The molecule has 1 heterocycles. The van der Waals surface area contributed by atoms with Crippen LogP contribution < -0.4 is 4.72 Å². The van der Waals surface area contributed by atoms with Crippen LogP contribution >= 0.6 is 11.6 Å².